The average Bonchev–Trinajstić information content (AvgIpc) is 3.15. The highest BCUT2D eigenvalue weighted by Gasteiger charge is 2.19. The fourth-order valence-electron chi connectivity index (χ4n) is 3.14. The molecule has 1 saturated carbocycles. The van der Waals surface area contributed by atoms with Gasteiger partial charge in [0.25, 0.3) is 0 Å². The maximum Gasteiger partial charge on any atom is 0.356 e. The molecule has 0 saturated heterocycles. The van der Waals surface area contributed by atoms with Gasteiger partial charge in [0.15, 0.2) is 11.5 Å². The Hall–Kier alpha value is -2.34. The third-order valence-corrected chi connectivity index (χ3v) is 4.79. The van der Waals surface area contributed by atoms with E-state index >= 15 is 0 Å². The zero-order valence-corrected chi connectivity index (χ0v) is 15.4. The molecule has 0 aliphatic heterocycles. The first-order valence-corrected chi connectivity index (χ1v) is 9.21. The highest BCUT2D eigenvalue weighted by Crippen LogP contribution is 2.30. The first-order valence-electron chi connectivity index (χ1n) is 8.84. The van der Waals surface area contributed by atoms with Crippen molar-refractivity contribution >= 4 is 23.4 Å². The number of rotatable bonds is 7. The minimum absolute atomic E-state index is 0.0715. The molecule has 138 valence electrons. The van der Waals surface area contributed by atoms with Crippen LogP contribution in [0.1, 0.15) is 48.7 Å². The van der Waals surface area contributed by atoms with Crippen LogP contribution in [0.15, 0.2) is 30.3 Å². The van der Waals surface area contributed by atoms with Crippen LogP contribution in [0, 0.1) is 0 Å². The molecule has 1 aliphatic carbocycles. The van der Waals surface area contributed by atoms with Gasteiger partial charge in [-0.1, -0.05) is 11.6 Å². The number of carboxylic acids is 1. The molecular weight excluding hydrogens is 354 g/mol. The summed E-state index contributed by atoms with van der Waals surface area (Å²) in [7, 11) is 0. The molecule has 0 atom stereocenters. The highest BCUT2D eigenvalue weighted by molar-refractivity contribution is 6.30. The standard InChI is InChI=1S/C19H22ClN3O3/c1-2-23(18-10-8-16(19(24)25)21-22-18)12-13-11-14(20)7-9-17(13)26-15-5-3-4-6-15/h7-11,15H,2-6,12H2,1H3,(H,24,25). The number of halogens is 1. The van der Waals surface area contributed by atoms with Crippen LogP contribution >= 0.6 is 11.6 Å². The van der Waals surface area contributed by atoms with Crippen LogP contribution in [0.2, 0.25) is 5.02 Å². The van der Waals surface area contributed by atoms with Crippen LogP contribution in [0.3, 0.4) is 0 Å². The van der Waals surface area contributed by atoms with Crippen LogP contribution in [0.25, 0.3) is 0 Å². The lowest BCUT2D eigenvalue weighted by Gasteiger charge is -2.24. The van der Waals surface area contributed by atoms with E-state index in [0.717, 1.165) is 24.2 Å². The van der Waals surface area contributed by atoms with Gasteiger partial charge in [-0.15, -0.1) is 10.2 Å². The molecule has 1 aliphatic rings. The zero-order valence-electron chi connectivity index (χ0n) is 14.7. The number of ether oxygens (including phenoxy) is 1. The number of hydrogen-bond donors (Lipinski definition) is 1. The Morgan fingerprint density at radius 2 is 2.04 bits per heavy atom. The normalized spacial score (nSPS) is 14.4. The van der Waals surface area contributed by atoms with Crippen molar-refractivity contribution in [2.24, 2.45) is 0 Å². The molecule has 7 heteroatoms. The van der Waals surface area contributed by atoms with Gasteiger partial charge in [-0.25, -0.2) is 4.79 Å². The van der Waals surface area contributed by atoms with Crippen LogP contribution in [-0.4, -0.2) is 33.9 Å². The Bertz CT molecular complexity index is 761. The van der Waals surface area contributed by atoms with Gasteiger partial charge >= 0.3 is 5.97 Å². The number of nitrogens with zero attached hydrogens (tertiary/aromatic N) is 3. The third-order valence-electron chi connectivity index (χ3n) is 4.55. The molecule has 1 aromatic heterocycles. The Labute approximate surface area is 157 Å². The summed E-state index contributed by atoms with van der Waals surface area (Å²) in [4.78, 5) is 12.9. The zero-order chi connectivity index (χ0) is 18.5. The van der Waals surface area contributed by atoms with Crippen molar-refractivity contribution in [2.75, 3.05) is 11.4 Å². The molecule has 6 nitrogen and oxygen atoms in total. The van der Waals surface area contributed by atoms with Gasteiger partial charge in [-0.3, -0.25) is 0 Å². The minimum atomic E-state index is -1.09. The smallest absolute Gasteiger partial charge is 0.356 e. The molecular formula is C19H22ClN3O3. The molecule has 0 spiro atoms. The van der Waals surface area contributed by atoms with E-state index in [1.54, 1.807) is 6.07 Å². The van der Waals surface area contributed by atoms with E-state index in [9.17, 15) is 4.79 Å². The van der Waals surface area contributed by atoms with Crippen LogP contribution < -0.4 is 9.64 Å². The Balaban J connectivity index is 1.80. The van der Waals surface area contributed by atoms with Crippen molar-refractivity contribution in [1.82, 2.24) is 10.2 Å². The molecule has 1 fully saturated rings. The number of carbonyl (C=O) groups is 1. The topological polar surface area (TPSA) is 75.5 Å². The molecule has 0 unspecified atom stereocenters. The predicted octanol–water partition coefficient (Wildman–Crippen LogP) is 4.18. The van der Waals surface area contributed by atoms with Crippen molar-refractivity contribution in [1.29, 1.82) is 0 Å². The second-order valence-corrected chi connectivity index (χ2v) is 6.81. The number of hydrogen-bond acceptors (Lipinski definition) is 5. The third kappa shape index (κ3) is 4.43. The summed E-state index contributed by atoms with van der Waals surface area (Å²) in [6.45, 7) is 3.26. The van der Waals surface area contributed by atoms with Crippen molar-refractivity contribution in [3.05, 3.63) is 46.6 Å². The van der Waals surface area contributed by atoms with Gasteiger partial charge in [-0.2, -0.15) is 0 Å². The fraction of sp³-hybridized carbons (Fsp3) is 0.421. The van der Waals surface area contributed by atoms with Gasteiger partial charge in [0.05, 0.1) is 6.10 Å². The molecule has 0 amide bonds. The van der Waals surface area contributed by atoms with Crippen LogP contribution in [0.5, 0.6) is 5.75 Å². The van der Waals surface area contributed by atoms with E-state index in [4.69, 9.17) is 21.4 Å². The number of anilines is 1. The lowest BCUT2D eigenvalue weighted by molar-refractivity contribution is 0.0689. The molecule has 1 heterocycles. The molecule has 0 radical (unpaired) electrons. The molecule has 1 aromatic carbocycles. The summed E-state index contributed by atoms with van der Waals surface area (Å²) in [5.74, 6) is 0.369. The van der Waals surface area contributed by atoms with Gasteiger partial charge in [0, 0.05) is 23.7 Å². The first-order chi connectivity index (χ1) is 12.6. The minimum Gasteiger partial charge on any atom is -0.490 e. The number of benzene rings is 1. The second-order valence-electron chi connectivity index (χ2n) is 6.37. The number of aromatic nitrogens is 2. The van der Waals surface area contributed by atoms with Crippen molar-refractivity contribution < 1.29 is 14.6 Å². The lowest BCUT2D eigenvalue weighted by Crippen LogP contribution is -2.24. The van der Waals surface area contributed by atoms with E-state index in [1.165, 1.54) is 18.9 Å². The summed E-state index contributed by atoms with van der Waals surface area (Å²) < 4.78 is 6.19. The van der Waals surface area contributed by atoms with Crippen LogP contribution in [-0.2, 0) is 6.54 Å². The van der Waals surface area contributed by atoms with E-state index < -0.39 is 5.97 Å². The first kappa shape index (κ1) is 18.5. The van der Waals surface area contributed by atoms with E-state index in [2.05, 4.69) is 10.2 Å². The maximum absolute atomic E-state index is 10.9. The Morgan fingerprint density at radius 1 is 1.27 bits per heavy atom. The summed E-state index contributed by atoms with van der Waals surface area (Å²) >= 11 is 6.19. The fourth-order valence-corrected chi connectivity index (χ4v) is 3.34. The lowest BCUT2D eigenvalue weighted by atomic mass is 10.1. The van der Waals surface area contributed by atoms with Crippen molar-refractivity contribution in [3.63, 3.8) is 0 Å². The van der Waals surface area contributed by atoms with Gasteiger partial charge < -0.3 is 14.7 Å². The number of carboxylic acid groups (broad SMARTS) is 1. The SMILES string of the molecule is CCN(Cc1cc(Cl)ccc1OC1CCCC1)c1ccc(C(=O)O)nn1. The van der Waals surface area contributed by atoms with Gasteiger partial charge in [0.1, 0.15) is 5.75 Å². The summed E-state index contributed by atoms with van der Waals surface area (Å²) in [6, 6.07) is 8.80. The van der Waals surface area contributed by atoms with E-state index in [-0.39, 0.29) is 11.8 Å². The Kier molecular flexibility index (Phi) is 5.93. The Morgan fingerprint density at radius 3 is 2.65 bits per heavy atom. The van der Waals surface area contributed by atoms with Crippen molar-refractivity contribution in [3.8, 4) is 5.75 Å². The van der Waals surface area contributed by atoms with Gasteiger partial charge in [-0.05, 0) is 62.9 Å². The maximum atomic E-state index is 10.9. The predicted molar refractivity (Wildman–Crippen MR) is 100 cm³/mol. The highest BCUT2D eigenvalue weighted by atomic mass is 35.5. The summed E-state index contributed by atoms with van der Waals surface area (Å²) in [6.07, 6.45) is 4.85. The van der Waals surface area contributed by atoms with Crippen LogP contribution in [0.4, 0.5) is 5.82 Å². The molecule has 3 rings (SSSR count). The largest absolute Gasteiger partial charge is 0.490 e. The molecule has 2 aromatic rings. The monoisotopic (exact) mass is 375 g/mol. The van der Waals surface area contributed by atoms with Gasteiger partial charge in [0.2, 0.25) is 0 Å². The number of aromatic carboxylic acids is 1. The van der Waals surface area contributed by atoms with E-state index in [0.29, 0.717) is 23.9 Å². The quantitative estimate of drug-likeness (QED) is 0.782. The molecule has 26 heavy (non-hydrogen) atoms. The summed E-state index contributed by atoms with van der Waals surface area (Å²) in [5.41, 5.74) is 0.910. The molecule has 0 bridgehead atoms. The molecule has 1 N–H and O–H groups in total. The second kappa shape index (κ2) is 8.36. The van der Waals surface area contributed by atoms with E-state index in [1.807, 2.05) is 30.0 Å². The average molecular weight is 376 g/mol. The summed E-state index contributed by atoms with van der Waals surface area (Å²) in [5, 5.41) is 17.4. The van der Waals surface area contributed by atoms with Crippen molar-refractivity contribution in [2.45, 2.75) is 45.3 Å².